The van der Waals surface area contributed by atoms with Gasteiger partial charge in [-0.25, -0.2) is 0 Å². The molecule has 3 heteroatoms. The summed E-state index contributed by atoms with van der Waals surface area (Å²) >= 11 is 7.32. The van der Waals surface area contributed by atoms with Gasteiger partial charge in [-0.2, -0.15) is 4.57 Å². The standard InChI is InChI=1S/C7H11ClNS/c1-7(2,3)9-4-6(8)10-5-9/h4-5H,1-3H3/q+1. The third kappa shape index (κ3) is 1.70. The number of hydrogen-bond donors (Lipinski definition) is 0. The molecule has 1 heterocycles. The zero-order chi connectivity index (χ0) is 7.78. The molecule has 0 atom stereocenters. The van der Waals surface area contributed by atoms with Crippen LogP contribution < -0.4 is 4.57 Å². The molecule has 0 bridgehead atoms. The van der Waals surface area contributed by atoms with E-state index in [-0.39, 0.29) is 5.54 Å². The molecule has 0 aromatic carbocycles. The largest absolute Gasteiger partial charge is 0.226 e. The lowest BCUT2D eigenvalue weighted by molar-refractivity contribution is -0.749. The summed E-state index contributed by atoms with van der Waals surface area (Å²) in [5.41, 5.74) is 2.19. The van der Waals surface area contributed by atoms with Gasteiger partial charge in [-0.15, -0.1) is 0 Å². The molecule has 0 unspecified atom stereocenters. The summed E-state index contributed by atoms with van der Waals surface area (Å²) in [5, 5.41) is 0. The maximum Gasteiger partial charge on any atom is 0.226 e. The van der Waals surface area contributed by atoms with Crippen LogP contribution in [0.25, 0.3) is 0 Å². The summed E-state index contributed by atoms with van der Waals surface area (Å²) in [6.45, 7) is 6.45. The molecule has 0 N–H and O–H groups in total. The minimum atomic E-state index is 0.156. The first-order valence-corrected chi connectivity index (χ1v) is 4.42. The number of halogens is 1. The molecule has 1 aromatic heterocycles. The lowest BCUT2D eigenvalue weighted by atomic mass is 10.1. The molecule has 0 saturated carbocycles. The third-order valence-corrected chi connectivity index (χ3v) is 2.32. The van der Waals surface area contributed by atoms with E-state index in [1.807, 2.05) is 11.7 Å². The Morgan fingerprint density at radius 3 is 2.30 bits per heavy atom. The summed E-state index contributed by atoms with van der Waals surface area (Å²) < 4.78 is 2.95. The summed E-state index contributed by atoms with van der Waals surface area (Å²) in [6.07, 6.45) is 1.95. The summed E-state index contributed by atoms with van der Waals surface area (Å²) in [5.74, 6) is 0. The number of hydrogen-bond acceptors (Lipinski definition) is 1. The van der Waals surface area contributed by atoms with Crippen LogP contribution in [0.15, 0.2) is 11.7 Å². The van der Waals surface area contributed by atoms with Crippen molar-refractivity contribution in [3.8, 4) is 0 Å². The Bertz CT molecular complexity index is 224. The van der Waals surface area contributed by atoms with Crippen molar-refractivity contribution in [2.75, 3.05) is 0 Å². The molecule has 0 amide bonds. The summed E-state index contributed by atoms with van der Waals surface area (Å²) in [4.78, 5) is 0. The minimum Gasteiger partial charge on any atom is -0.189 e. The van der Waals surface area contributed by atoms with E-state index >= 15 is 0 Å². The first-order valence-electron chi connectivity index (χ1n) is 3.16. The van der Waals surface area contributed by atoms with Gasteiger partial charge < -0.3 is 0 Å². The highest BCUT2D eigenvalue weighted by atomic mass is 35.5. The van der Waals surface area contributed by atoms with Gasteiger partial charge in [-0.1, -0.05) is 22.9 Å². The molecule has 0 aliphatic rings. The highest BCUT2D eigenvalue weighted by Gasteiger charge is 2.22. The van der Waals surface area contributed by atoms with E-state index in [0.29, 0.717) is 0 Å². The van der Waals surface area contributed by atoms with Crippen LogP contribution in [0.1, 0.15) is 20.8 Å². The van der Waals surface area contributed by atoms with Gasteiger partial charge in [-0.3, -0.25) is 0 Å². The molecular formula is C7H11ClNS+. The van der Waals surface area contributed by atoms with Crippen LogP contribution in [0.3, 0.4) is 0 Å². The van der Waals surface area contributed by atoms with E-state index in [4.69, 9.17) is 11.6 Å². The molecular weight excluding hydrogens is 166 g/mol. The first kappa shape index (κ1) is 8.02. The van der Waals surface area contributed by atoms with Gasteiger partial charge in [0.15, 0.2) is 16.1 Å². The molecule has 10 heavy (non-hydrogen) atoms. The fraction of sp³-hybridized carbons (Fsp3) is 0.571. The number of nitrogens with zero attached hydrogens (tertiary/aromatic N) is 1. The van der Waals surface area contributed by atoms with Crippen LogP contribution in [-0.4, -0.2) is 0 Å². The Morgan fingerprint density at radius 2 is 2.10 bits per heavy atom. The van der Waals surface area contributed by atoms with Gasteiger partial charge in [0, 0.05) is 20.8 Å². The second-order valence-electron chi connectivity index (χ2n) is 3.23. The SMILES string of the molecule is CC(C)(C)[n+]1csc(Cl)c1. The average Bonchev–Trinajstić information content (AvgIpc) is 2.11. The molecule has 1 rings (SSSR count). The van der Waals surface area contributed by atoms with Crippen molar-refractivity contribution in [1.82, 2.24) is 0 Å². The maximum atomic E-state index is 5.76. The van der Waals surface area contributed by atoms with Gasteiger partial charge in [0.1, 0.15) is 0 Å². The van der Waals surface area contributed by atoms with E-state index in [9.17, 15) is 0 Å². The zero-order valence-electron chi connectivity index (χ0n) is 6.39. The highest BCUT2D eigenvalue weighted by Crippen LogP contribution is 2.14. The summed E-state index contributed by atoms with van der Waals surface area (Å²) in [7, 11) is 0. The van der Waals surface area contributed by atoms with Gasteiger partial charge in [0.25, 0.3) is 0 Å². The van der Waals surface area contributed by atoms with Crippen LogP contribution in [-0.2, 0) is 5.54 Å². The van der Waals surface area contributed by atoms with E-state index in [1.54, 1.807) is 11.3 Å². The molecule has 1 aromatic rings. The molecule has 56 valence electrons. The Labute approximate surface area is 70.3 Å². The van der Waals surface area contributed by atoms with E-state index in [1.165, 1.54) is 0 Å². The van der Waals surface area contributed by atoms with Crippen LogP contribution in [0.2, 0.25) is 4.34 Å². The van der Waals surface area contributed by atoms with Crippen molar-refractivity contribution < 1.29 is 4.57 Å². The number of thiazole rings is 1. The maximum absolute atomic E-state index is 5.76. The zero-order valence-corrected chi connectivity index (χ0v) is 7.96. The Hall–Kier alpha value is -0.0800. The fourth-order valence-corrected chi connectivity index (χ4v) is 1.62. The second kappa shape index (κ2) is 2.51. The normalized spacial score (nSPS) is 12.0. The van der Waals surface area contributed by atoms with Crippen LogP contribution >= 0.6 is 22.9 Å². The number of aromatic nitrogens is 1. The Balaban J connectivity index is 2.96. The lowest BCUT2D eigenvalue weighted by Crippen LogP contribution is -2.47. The van der Waals surface area contributed by atoms with Crippen molar-refractivity contribution >= 4 is 22.9 Å². The predicted octanol–water partition coefficient (Wildman–Crippen LogP) is 2.44. The smallest absolute Gasteiger partial charge is 0.189 e. The topological polar surface area (TPSA) is 3.88 Å². The Morgan fingerprint density at radius 1 is 1.50 bits per heavy atom. The molecule has 0 saturated heterocycles. The first-order chi connectivity index (χ1) is 4.50. The van der Waals surface area contributed by atoms with Gasteiger partial charge in [-0.05, 0) is 0 Å². The average molecular weight is 177 g/mol. The number of rotatable bonds is 0. The van der Waals surface area contributed by atoms with Crippen molar-refractivity contribution in [3.05, 3.63) is 16.0 Å². The van der Waals surface area contributed by atoms with E-state index in [0.717, 1.165) is 4.34 Å². The van der Waals surface area contributed by atoms with Crippen LogP contribution in [0, 0.1) is 0 Å². The third-order valence-electron chi connectivity index (χ3n) is 1.29. The van der Waals surface area contributed by atoms with E-state index in [2.05, 4.69) is 25.3 Å². The van der Waals surface area contributed by atoms with Crippen LogP contribution in [0.4, 0.5) is 0 Å². The van der Waals surface area contributed by atoms with Crippen molar-refractivity contribution in [1.29, 1.82) is 0 Å². The van der Waals surface area contributed by atoms with Crippen molar-refractivity contribution in [2.45, 2.75) is 26.3 Å². The van der Waals surface area contributed by atoms with Gasteiger partial charge >= 0.3 is 0 Å². The molecule has 0 aliphatic heterocycles. The molecule has 1 nitrogen and oxygen atoms in total. The molecule has 0 aliphatic carbocycles. The minimum absolute atomic E-state index is 0.156. The quantitative estimate of drug-likeness (QED) is 0.535. The fourth-order valence-electron chi connectivity index (χ4n) is 0.629. The predicted molar refractivity (Wildman–Crippen MR) is 44.5 cm³/mol. The van der Waals surface area contributed by atoms with Gasteiger partial charge in [0.05, 0.1) is 0 Å². The van der Waals surface area contributed by atoms with E-state index < -0.39 is 0 Å². The van der Waals surface area contributed by atoms with Crippen molar-refractivity contribution in [3.63, 3.8) is 0 Å². The summed E-state index contributed by atoms with van der Waals surface area (Å²) in [6, 6.07) is 0. The second-order valence-corrected chi connectivity index (χ2v) is 4.75. The van der Waals surface area contributed by atoms with Crippen LogP contribution in [0.5, 0.6) is 0 Å². The molecule has 0 fully saturated rings. The van der Waals surface area contributed by atoms with Gasteiger partial charge in [0.2, 0.25) is 5.51 Å². The molecule has 0 radical (unpaired) electrons. The monoisotopic (exact) mass is 176 g/mol. The highest BCUT2D eigenvalue weighted by molar-refractivity contribution is 7.13. The molecule has 0 spiro atoms. The van der Waals surface area contributed by atoms with Crippen molar-refractivity contribution in [2.24, 2.45) is 0 Å². The lowest BCUT2D eigenvalue weighted by Gasteiger charge is -2.08. The Kier molecular flexibility index (Phi) is 2.02.